The molecule has 0 unspecified atom stereocenters. The predicted octanol–water partition coefficient (Wildman–Crippen LogP) is 10.3. The smallest absolute Gasteiger partial charge is 0.269 e. The minimum atomic E-state index is -3.97. The fourth-order valence-electron chi connectivity index (χ4n) is 17.1. The van der Waals surface area contributed by atoms with Gasteiger partial charge in [-0.2, -0.15) is 12.9 Å². The number of hydrogen-bond acceptors (Lipinski definition) is 27. The van der Waals surface area contributed by atoms with E-state index < -0.39 is 72.7 Å². The fourth-order valence-corrected chi connectivity index (χ4v) is 22.0. The molecule has 39 nitrogen and oxygen atoms in total. The largest absolute Gasteiger partial charge is 0.358 e. The monoisotopic (exact) mass is 1860 g/mol. The average molecular weight is 1860 g/mol. The van der Waals surface area contributed by atoms with E-state index in [9.17, 15) is 109 Å². The summed E-state index contributed by atoms with van der Waals surface area (Å²) in [5.41, 5.74) is -0.339. The van der Waals surface area contributed by atoms with E-state index in [0.717, 1.165) is 12.1 Å². The number of Topliss-reactive ketones (excluding diaryl/α,β-unsaturated/α-hetero) is 4. The molecule has 16 rings (SSSR count). The number of likely N-dealkylation sites (tertiary alicyclic amines) is 3. The molecule has 0 atom stereocenters. The number of benzene rings is 8. The summed E-state index contributed by atoms with van der Waals surface area (Å²) in [5.74, 6) is -1.56. The average Bonchev–Trinajstić information content (AvgIpc) is 1.62. The van der Waals surface area contributed by atoms with E-state index in [1.54, 1.807) is 73.0 Å². The normalized spacial score (nSPS) is 18.2. The van der Waals surface area contributed by atoms with Crippen molar-refractivity contribution >= 4 is 105 Å². The van der Waals surface area contributed by atoms with Gasteiger partial charge in [-0.05, 0) is 125 Å². The van der Waals surface area contributed by atoms with Crippen LogP contribution < -0.4 is 0 Å². The number of hydrogen-bond donors (Lipinski definition) is 0. The molecule has 0 aliphatic carbocycles. The number of nitrogens with zero attached hydrogens (tertiary/aromatic N) is 12. The highest BCUT2D eigenvalue weighted by Crippen LogP contribution is 2.43. The lowest BCUT2D eigenvalue weighted by atomic mass is 9.97. The first-order valence-corrected chi connectivity index (χ1v) is 46.1. The lowest BCUT2D eigenvalue weighted by molar-refractivity contribution is -0.385. The van der Waals surface area contributed by atoms with Crippen LogP contribution in [0.3, 0.4) is 0 Å². The van der Waals surface area contributed by atoms with Crippen LogP contribution in [0.1, 0.15) is 172 Å². The Kier molecular flexibility index (Phi) is 28.7. The quantitative estimate of drug-likeness (QED) is 0.0412. The zero-order chi connectivity index (χ0) is 94.3. The van der Waals surface area contributed by atoms with Gasteiger partial charge < -0.3 is 43.4 Å². The van der Waals surface area contributed by atoms with E-state index in [-0.39, 0.29) is 155 Å². The number of amides is 5. The van der Waals surface area contributed by atoms with Crippen molar-refractivity contribution in [1.29, 1.82) is 0 Å². The van der Waals surface area contributed by atoms with Gasteiger partial charge in [0, 0.05) is 229 Å². The van der Waals surface area contributed by atoms with Crippen LogP contribution >= 0.6 is 0 Å². The molecule has 8 aromatic rings. The van der Waals surface area contributed by atoms with Gasteiger partial charge in [0.05, 0.1) is 60.8 Å². The van der Waals surface area contributed by atoms with Crippen molar-refractivity contribution in [2.24, 2.45) is 0 Å². The van der Waals surface area contributed by atoms with Crippen LogP contribution in [0.25, 0.3) is 0 Å². The van der Waals surface area contributed by atoms with E-state index in [4.69, 9.17) is 18.9 Å². The molecule has 8 aliphatic heterocycles. The van der Waals surface area contributed by atoms with Gasteiger partial charge >= 0.3 is 0 Å². The first-order valence-electron chi connectivity index (χ1n) is 41.8. The van der Waals surface area contributed by atoms with Crippen molar-refractivity contribution in [2.75, 3.05) is 105 Å². The molecule has 0 aromatic heterocycles. The van der Waals surface area contributed by atoms with Crippen molar-refractivity contribution in [3.8, 4) is 0 Å². The van der Waals surface area contributed by atoms with Crippen LogP contribution in [-0.4, -0.2) is 263 Å². The van der Waals surface area contributed by atoms with Gasteiger partial charge in [0.1, 0.15) is 22.9 Å². The first kappa shape index (κ1) is 95.5. The van der Waals surface area contributed by atoms with Crippen LogP contribution in [-0.2, 0) is 49.0 Å². The van der Waals surface area contributed by atoms with Gasteiger partial charge in [0.15, 0.2) is 23.1 Å². The second-order valence-electron chi connectivity index (χ2n) is 32.1. The number of non-ortho nitro benzene ring substituents is 4. The molecule has 5 amide bonds. The number of sulfonamides is 3. The van der Waals surface area contributed by atoms with Crippen LogP contribution in [0.4, 0.5) is 22.7 Å². The summed E-state index contributed by atoms with van der Waals surface area (Å²) in [6.07, 6.45) is 2.76. The van der Waals surface area contributed by atoms with Crippen molar-refractivity contribution in [3.05, 3.63) is 285 Å². The molecule has 8 heterocycles. The number of ether oxygens (including phenoxy) is 4. The predicted molar refractivity (Wildman–Crippen MR) is 466 cm³/mol. The second-order valence-corrected chi connectivity index (χ2v) is 37.8. The molecule has 0 N–H and O–H groups in total. The lowest BCUT2D eigenvalue weighted by Gasteiger charge is -2.43. The Morgan fingerprint density at radius 2 is 0.458 bits per heavy atom. The van der Waals surface area contributed by atoms with Crippen LogP contribution in [0.15, 0.2) is 209 Å². The Morgan fingerprint density at radius 3 is 0.725 bits per heavy atom. The number of carbonyl (C=O) groups excluding carboxylic acids is 9. The maximum absolute atomic E-state index is 13.4. The Bertz CT molecular complexity index is 5910. The number of ketones is 4. The Hall–Kier alpha value is -13.0. The molecule has 8 saturated heterocycles. The highest BCUT2D eigenvalue weighted by atomic mass is 32.2. The summed E-state index contributed by atoms with van der Waals surface area (Å²) in [4.78, 5) is 160. The SMILES string of the molecule is CC(=O)c1ccc(C(=O)N2CCC3(CC2)OCCN3S(=O)(=O)c2ccc(C(C)=O)cc2)cc1.CC(=O)c1ccc(C(=O)N2CCOC23CCN(S(=O)(=O)c2ccc(C(C)=O)cc2)CC3)cc1.O=C(c1ccc([N+](=O)[O-])cc1)N1CCC2(CC1)OCCN2C(=O)c1ccc([N+](=O)[O-])cc1.O=C(c1ccc([N+](=O)[O-])cc1)N1CCC2(CC1)OCCN2S(=O)(=O)c1ccc([N+](=O)[O-])cc1. The fraction of sp³-hybridized carbons (Fsp3) is 0.360. The summed E-state index contributed by atoms with van der Waals surface area (Å²) < 4.78 is 107. The maximum atomic E-state index is 13.4. The van der Waals surface area contributed by atoms with Gasteiger partial charge in [-0.25, -0.2) is 25.3 Å². The minimum Gasteiger partial charge on any atom is -0.358 e. The number of nitro benzene ring substituents is 4. The third-order valence-corrected chi connectivity index (χ3v) is 30.4. The Labute approximate surface area is 752 Å². The van der Waals surface area contributed by atoms with E-state index in [1.165, 1.54) is 174 Å². The van der Waals surface area contributed by atoms with E-state index >= 15 is 0 Å². The lowest BCUT2D eigenvalue weighted by Crippen LogP contribution is -2.55. The number of carbonyl (C=O) groups is 9. The van der Waals surface area contributed by atoms with E-state index in [2.05, 4.69) is 0 Å². The number of rotatable bonds is 19. The van der Waals surface area contributed by atoms with Crippen molar-refractivity contribution < 1.29 is 107 Å². The first-order chi connectivity index (χ1) is 62.2. The maximum Gasteiger partial charge on any atom is 0.269 e. The van der Waals surface area contributed by atoms with Crippen molar-refractivity contribution in [1.82, 2.24) is 37.4 Å². The molecule has 0 bridgehead atoms. The zero-order valence-corrected chi connectivity index (χ0v) is 74.0. The molecular weight excluding hydrogens is 1770 g/mol. The summed E-state index contributed by atoms with van der Waals surface area (Å²) in [6.45, 7) is 10.5. The summed E-state index contributed by atoms with van der Waals surface area (Å²) in [7, 11) is -11.5. The molecule has 42 heteroatoms. The standard InChI is InChI=1S/2C24H26N2O6S.C21H20N4O7.C20H20N4O8S/c1-17(27)19-3-5-21(6-4-19)23(29)26-15-16-32-24(26)11-13-25(14-12-24)33(30,31)22-9-7-20(8-10-22)18(2)28;1-17(27)19-3-5-21(6-4-19)23(29)25-13-11-24(12-14-25)26(15-16-32-24)33(30,31)22-9-7-20(8-10-22)18(2)28;26-19(15-1-5-17(6-2-15)24(28)29)22-11-9-21(10-12-22)23(13-14-32-21)20(27)16-3-7-18(8-4-16)25(30)31;25-19(15-1-3-16(4-2-15)23(26)27)21-11-9-20(10-12-21)22(13-14-32-20)33(30,31)18-7-5-17(6-8-18)24(28)29/h2*3-10H,11-16H2,1-2H3;1-8H,9-14H2;1-8H,9-14H2. The Balaban J connectivity index is 0.000000149. The minimum absolute atomic E-state index is 0.0653. The molecule has 8 fully saturated rings. The summed E-state index contributed by atoms with van der Waals surface area (Å²) >= 11 is 0. The highest BCUT2D eigenvalue weighted by Gasteiger charge is 2.55. The molecule has 688 valence electrons. The highest BCUT2D eigenvalue weighted by molar-refractivity contribution is 7.89. The van der Waals surface area contributed by atoms with Crippen molar-refractivity contribution in [2.45, 2.75) is 117 Å². The summed E-state index contributed by atoms with van der Waals surface area (Å²) in [5, 5.41) is 43.3. The Morgan fingerprint density at radius 1 is 0.260 bits per heavy atom. The molecule has 4 spiro atoms. The van der Waals surface area contributed by atoms with Gasteiger partial charge in [0.2, 0.25) is 30.1 Å². The third-order valence-electron chi connectivity index (χ3n) is 24.5. The van der Waals surface area contributed by atoms with Gasteiger partial charge in [-0.3, -0.25) is 83.6 Å². The number of piperidine rings is 4. The molecule has 0 radical (unpaired) electrons. The van der Waals surface area contributed by atoms with E-state index in [0.29, 0.717) is 141 Å². The van der Waals surface area contributed by atoms with Crippen molar-refractivity contribution in [3.63, 3.8) is 0 Å². The molecule has 8 aromatic carbocycles. The second kappa shape index (κ2) is 39.3. The van der Waals surface area contributed by atoms with Gasteiger partial charge in [0.25, 0.3) is 52.3 Å². The van der Waals surface area contributed by atoms with Gasteiger partial charge in [-0.1, -0.05) is 48.5 Å². The number of nitro groups is 4. The van der Waals surface area contributed by atoms with E-state index in [1.807, 2.05) is 0 Å². The molecule has 131 heavy (non-hydrogen) atoms. The zero-order valence-electron chi connectivity index (χ0n) is 71.6. The summed E-state index contributed by atoms with van der Waals surface area (Å²) in [6, 6.07) is 45.8. The molecular formula is C89H92N12O27S3. The third kappa shape index (κ3) is 20.4. The molecule has 8 aliphatic rings. The van der Waals surface area contributed by atoms with Crippen LogP contribution in [0.5, 0.6) is 0 Å². The van der Waals surface area contributed by atoms with Crippen LogP contribution in [0, 0.1) is 40.5 Å². The topological polar surface area (TPSA) is 491 Å². The molecule has 0 saturated carbocycles. The van der Waals surface area contributed by atoms with Gasteiger partial charge in [-0.15, -0.1) is 0 Å². The van der Waals surface area contributed by atoms with Crippen LogP contribution in [0.2, 0.25) is 0 Å².